The van der Waals surface area contributed by atoms with Gasteiger partial charge in [0.05, 0.1) is 35.6 Å². The molecule has 0 aromatic heterocycles. The van der Waals surface area contributed by atoms with Gasteiger partial charge in [0.1, 0.15) is 30.0 Å². The first kappa shape index (κ1) is 52.3. The lowest BCUT2D eigenvalue weighted by Crippen LogP contribution is -2.85. The molecular weight excluding hydrogens is 919 g/mol. The second-order valence-electron chi connectivity index (χ2n) is 21.3. The first-order valence-electron chi connectivity index (χ1n) is 23.5. The summed E-state index contributed by atoms with van der Waals surface area (Å²) in [5, 5.41) is 40.5. The number of amides is 1. The van der Waals surface area contributed by atoms with E-state index in [9.17, 15) is 34.5 Å². The molecule has 3 aromatic carbocycles. The Bertz CT molecular complexity index is 2540. The summed E-state index contributed by atoms with van der Waals surface area (Å²) in [5.41, 5.74) is -7.54. The van der Waals surface area contributed by atoms with Crippen molar-refractivity contribution in [2.24, 2.45) is 16.7 Å². The molecule has 17 heteroatoms. The summed E-state index contributed by atoms with van der Waals surface area (Å²) in [6, 6.07) is 23.9. The number of aliphatic hydroxyl groups excluding tert-OH is 2. The molecule has 4 aliphatic rings. The highest BCUT2D eigenvalue weighted by molar-refractivity contribution is 6.74. The number of hydrogen-bond acceptors (Lipinski definition) is 15. The van der Waals surface area contributed by atoms with Crippen molar-refractivity contribution in [1.82, 2.24) is 5.32 Å². The number of fused-ring (bicyclic) bond motifs is 5. The Kier molecular flexibility index (Phi) is 14.1. The van der Waals surface area contributed by atoms with Gasteiger partial charge in [-0.15, -0.1) is 0 Å². The van der Waals surface area contributed by atoms with Gasteiger partial charge in [0.25, 0.3) is 5.91 Å². The smallest absolute Gasteiger partial charge is 0.338 e. The van der Waals surface area contributed by atoms with Crippen molar-refractivity contribution in [2.75, 3.05) is 6.61 Å². The minimum Gasteiger partial charge on any atom is -0.456 e. The van der Waals surface area contributed by atoms with Crippen LogP contribution in [-0.2, 0) is 47.3 Å². The molecule has 2 unspecified atom stereocenters. The molecule has 1 heterocycles. The molecule has 3 aliphatic carbocycles. The van der Waals surface area contributed by atoms with E-state index in [0.29, 0.717) is 11.1 Å². The minimum atomic E-state index is -2.96. The van der Waals surface area contributed by atoms with Crippen LogP contribution < -0.4 is 5.32 Å². The molecule has 4 N–H and O–H groups in total. The fourth-order valence-electron chi connectivity index (χ4n) is 10.9. The van der Waals surface area contributed by atoms with E-state index in [0.717, 1.165) is 13.8 Å². The largest absolute Gasteiger partial charge is 0.456 e. The molecule has 0 spiro atoms. The molecule has 16 nitrogen and oxygen atoms in total. The van der Waals surface area contributed by atoms with Crippen LogP contribution in [0.3, 0.4) is 0 Å². The molecule has 0 radical (unpaired) electrons. The number of carbonyl (C=O) groups is 6. The quantitative estimate of drug-likeness (QED) is 0.0735. The molecule has 7 rings (SSSR count). The number of Topliss-reactive ketones (excluding diaryl/α,β-unsaturated/α-hetero) is 1. The summed E-state index contributed by atoms with van der Waals surface area (Å²) in [6.45, 7) is 17.5. The van der Waals surface area contributed by atoms with Crippen molar-refractivity contribution < 1.29 is 72.2 Å². The van der Waals surface area contributed by atoms with Gasteiger partial charge in [0, 0.05) is 31.2 Å². The molecule has 1 amide bonds. The van der Waals surface area contributed by atoms with Crippen molar-refractivity contribution in [3.8, 4) is 0 Å². The average Bonchev–Trinajstić information content (AvgIpc) is 3.29. The van der Waals surface area contributed by atoms with E-state index >= 15 is 9.59 Å². The monoisotopic (exact) mass is 983 g/mol. The van der Waals surface area contributed by atoms with E-state index in [4.69, 9.17) is 28.1 Å². The van der Waals surface area contributed by atoms with Crippen LogP contribution in [0.5, 0.6) is 0 Å². The Morgan fingerprint density at radius 3 is 1.89 bits per heavy atom. The summed E-state index contributed by atoms with van der Waals surface area (Å²) in [5.74, 6) is -6.96. The number of carbonyl (C=O) groups excluding carboxylic acids is 6. The maximum Gasteiger partial charge on any atom is 0.338 e. The third-order valence-electron chi connectivity index (χ3n) is 15.7. The van der Waals surface area contributed by atoms with Gasteiger partial charge in [-0.2, -0.15) is 0 Å². The number of ketones is 1. The fourth-order valence-corrected chi connectivity index (χ4v) is 12.1. The van der Waals surface area contributed by atoms with Gasteiger partial charge >= 0.3 is 23.9 Å². The SMILES string of the molecule is CC(=O)O[C@H]1C(=O)[C@@]2(C)C(C(OC(=O)c3ccccc3)[C@]3(O)C[C@H](OC(=O)[C@H](O[Si](C)(C)C(C)(C)C)[C@@H](NC(=O)c4ccccc4)c4ccccc4)C(C)=C1C3(C)C)[C@]1(OC(C)=O)CO[C@@H]1[C@@H](O)[C@H]2O. The van der Waals surface area contributed by atoms with Crippen molar-refractivity contribution in [1.29, 1.82) is 0 Å². The summed E-state index contributed by atoms with van der Waals surface area (Å²) >= 11 is 0. The van der Waals surface area contributed by atoms with Gasteiger partial charge in [-0.3, -0.25) is 19.2 Å². The molecule has 3 aromatic rings. The summed E-state index contributed by atoms with van der Waals surface area (Å²) in [4.78, 5) is 86.3. The van der Waals surface area contributed by atoms with Gasteiger partial charge in [-0.05, 0) is 73.0 Å². The lowest BCUT2D eigenvalue weighted by molar-refractivity contribution is -0.369. The topological polar surface area (TPSA) is 231 Å². The van der Waals surface area contributed by atoms with E-state index in [1.165, 1.54) is 19.1 Å². The molecule has 2 bridgehead atoms. The standard InChI is InChI=1S/C53H65NO15Si/c1-29-35(66-48(62)40(69-70(10,11)49(4,5)6)37(32-21-15-12-16-22-32)54-46(60)33-23-17-13-18-24-33)27-53(63)45(67-47(61)34-25-19-14-20-26-34)41-51(9,43(59)39(65-30(2)55)36(29)50(53,7)8)42(58)38(57)44-52(41,28-64-44)68-31(3)56/h12-26,35,37-42,44-45,57-58,63H,27-28H2,1-11H3,(H,54,60)/t35-,37-,38-,39+,40+,41?,42+,44+,45?,51-,52+,53+/m0/s1. The fraction of sp³-hybridized carbons (Fsp3) is 0.509. The summed E-state index contributed by atoms with van der Waals surface area (Å²) < 4.78 is 37.8. The lowest BCUT2D eigenvalue weighted by Gasteiger charge is -2.68. The van der Waals surface area contributed by atoms with Crippen LogP contribution in [0, 0.1) is 16.7 Å². The normalized spacial score (nSPS) is 31.2. The van der Waals surface area contributed by atoms with Gasteiger partial charge in [-0.1, -0.05) is 101 Å². The van der Waals surface area contributed by atoms with E-state index in [1.807, 2.05) is 33.9 Å². The number of ether oxygens (including phenoxy) is 5. The van der Waals surface area contributed by atoms with Crippen LogP contribution >= 0.6 is 0 Å². The third kappa shape index (κ3) is 8.82. The number of aliphatic hydroxyl groups is 3. The molecule has 1 saturated heterocycles. The van der Waals surface area contributed by atoms with Crippen molar-refractivity contribution >= 4 is 43.9 Å². The predicted octanol–water partition coefficient (Wildman–Crippen LogP) is 5.74. The maximum atomic E-state index is 15.8. The molecule has 376 valence electrons. The van der Waals surface area contributed by atoms with E-state index < -0.39 is 139 Å². The molecule has 2 saturated carbocycles. The Morgan fingerprint density at radius 1 is 0.814 bits per heavy atom. The predicted molar refractivity (Wildman–Crippen MR) is 255 cm³/mol. The highest BCUT2D eigenvalue weighted by Gasteiger charge is 2.80. The number of nitrogens with one attached hydrogen (secondary N) is 1. The van der Waals surface area contributed by atoms with Crippen molar-refractivity contribution in [2.45, 2.75) is 147 Å². The molecule has 70 heavy (non-hydrogen) atoms. The van der Waals surface area contributed by atoms with Crippen molar-refractivity contribution in [3.63, 3.8) is 0 Å². The zero-order valence-electron chi connectivity index (χ0n) is 41.5. The van der Waals surface area contributed by atoms with Crippen LogP contribution in [0.2, 0.25) is 18.1 Å². The Labute approximate surface area is 409 Å². The van der Waals surface area contributed by atoms with E-state index in [-0.39, 0.29) is 16.7 Å². The van der Waals surface area contributed by atoms with E-state index in [2.05, 4.69) is 5.32 Å². The van der Waals surface area contributed by atoms with Crippen LogP contribution in [-0.4, -0.2) is 120 Å². The summed E-state index contributed by atoms with van der Waals surface area (Å²) in [7, 11) is -2.96. The summed E-state index contributed by atoms with van der Waals surface area (Å²) in [6.07, 6.45) is -12.8. The Balaban J connectivity index is 1.46. The van der Waals surface area contributed by atoms with E-state index in [1.54, 1.807) is 99.6 Å². The zero-order chi connectivity index (χ0) is 51.5. The first-order chi connectivity index (χ1) is 32.6. The number of benzene rings is 3. The van der Waals surface area contributed by atoms with Crippen LogP contribution in [0.25, 0.3) is 0 Å². The third-order valence-corrected chi connectivity index (χ3v) is 20.2. The average molecular weight is 984 g/mol. The van der Waals surface area contributed by atoms with Crippen LogP contribution in [0.1, 0.15) is 101 Å². The second kappa shape index (κ2) is 18.9. The Morgan fingerprint density at radius 2 is 1.37 bits per heavy atom. The number of esters is 4. The van der Waals surface area contributed by atoms with Gasteiger partial charge < -0.3 is 48.7 Å². The molecule has 3 fully saturated rings. The molecular formula is C53H65NO15Si. The van der Waals surface area contributed by atoms with Gasteiger partial charge in [0.2, 0.25) is 0 Å². The molecule has 1 aliphatic heterocycles. The van der Waals surface area contributed by atoms with Gasteiger partial charge in [-0.25, -0.2) is 9.59 Å². The zero-order valence-corrected chi connectivity index (χ0v) is 42.5. The number of rotatable bonds is 12. The maximum absolute atomic E-state index is 15.8. The van der Waals surface area contributed by atoms with Crippen LogP contribution in [0.4, 0.5) is 0 Å². The minimum absolute atomic E-state index is 0.0336. The lowest BCUT2D eigenvalue weighted by atomic mass is 9.44. The Hall–Kier alpha value is -5.56. The highest BCUT2D eigenvalue weighted by atomic mass is 28.4. The second-order valence-corrected chi connectivity index (χ2v) is 26.1. The molecule has 12 atom stereocenters. The van der Waals surface area contributed by atoms with Crippen molar-refractivity contribution in [3.05, 3.63) is 119 Å². The first-order valence-corrected chi connectivity index (χ1v) is 26.4. The highest BCUT2D eigenvalue weighted by Crippen LogP contribution is 2.64. The van der Waals surface area contributed by atoms with Gasteiger partial charge in [0.15, 0.2) is 31.9 Å². The number of hydrogen-bond donors (Lipinski definition) is 4. The van der Waals surface area contributed by atoms with Crippen LogP contribution in [0.15, 0.2) is 102 Å².